The number of hydrogen-bond donors (Lipinski definition) is 2. The molecular weight excluding hydrogens is 352 g/mol. The monoisotopic (exact) mass is 371 g/mol. The summed E-state index contributed by atoms with van der Waals surface area (Å²) in [5.74, 6) is 0.327. The molecule has 0 atom stereocenters. The first-order valence-electron chi connectivity index (χ1n) is 7.37. The Kier molecular flexibility index (Phi) is 8.01. The molecule has 2 N–H and O–H groups in total. The van der Waals surface area contributed by atoms with E-state index >= 15 is 0 Å². The molecule has 0 saturated carbocycles. The molecule has 1 aromatic rings. The van der Waals surface area contributed by atoms with Gasteiger partial charge >= 0.3 is 12.4 Å². The number of alkyl halides is 6. The Hall–Kier alpha value is -1.97. The number of ether oxygens (including phenoxy) is 1. The zero-order chi connectivity index (χ0) is 18.9. The molecule has 0 fully saturated rings. The fourth-order valence-corrected chi connectivity index (χ4v) is 1.83. The zero-order valence-electron chi connectivity index (χ0n) is 13.5. The fourth-order valence-electron chi connectivity index (χ4n) is 1.83. The molecule has 0 spiro atoms. The van der Waals surface area contributed by atoms with E-state index in [1.165, 1.54) is 13.1 Å². The summed E-state index contributed by atoms with van der Waals surface area (Å²) in [5, 5.41) is 5.67. The van der Waals surface area contributed by atoms with E-state index in [0.717, 1.165) is 12.1 Å². The molecular formula is C15H19F6N3O. The van der Waals surface area contributed by atoms with Crippen molar-refractivity contribution in [3.05, 3.63) is 35.4 Å². The molecule has 10 heteroatoms. The molecule has 142 valence electrons. The van der Waals surface area contributed by atoms with Gasteiger partial charge in [0.05, 0.1) is 5.56 Å². The summed E-state index contributed by atoms with van der Waals surface area (Å²) in [4.78, 5) is 3.88. The van der Waals surface area contributed by atoms with E-state index in [0.29, 0.717) is 24.5 Å². The van der Waals surface area contributed by atoms with Crippen LogP contribution in [-0.4, -0.2) is 38.9 Å². The van der Waals surface area contributed by atoms with E-state index in [1.807, 2.05) is 0 Å². The summed E-state index contributed by atoms with van der Waals surface area (Å²) < 4.78 is 78.0. The van der Waals surface area contributed by atoms with Gasteiger partial charge in [-0.2, -0.15) is 26.3 Å². The number of benzene rings is 1. The molecule has 0 aromatic heterocycles. The van der Waals surface area contributed by atoms with Crippen LogP contribution < -0.4 is 10.6 Å². The Bertz CT molecular complexity index is 557. The lowest BCUT2D eigenvalue weighted by molar-refractivity contribution is -0.173. The second kappa shape index (κ2) is 9.50. The number of nitrogens with zero attached hydrogens (tertiary/aromatic N) is 1. The normalized spacial score (nSPS) is 13.0. The molecule has 0 heterocycles. The molecule has 0 saturated heterocycles. The maximum atomic E-state index is 12.6. The molecule has 25 heavy (non-hydrogen) atoms. The molecule has 4 nitrogen and oxygen atoms in total. The predicted octanol–water partition coefficient (Wildman–Crippen LogP) is 3.34. The number of guanidine groups is 1. The Morgan fingerprint density at radius 2 is 1.84 bits per heavy atom. The first-order chi connectivity index (χ1) is 11.6. The predicted molar refractivity (Wildman–Crippen MR) is 81.1 cm³/mol. The first kappa shape index (κ1) is 21.1. The minimum absolute atomic E-state index is 0.0723. The summed E-state index contributed by atoms with van der Waals surface area (Å²) in [6.07, 6.45) is -8.44. The van der Waals surface area contributed by atoms with Crippen molar-refractivity contribution in [3.63, 3.8) is 0 Å². The highest BCUT2D eigenvalue weighted by molar-refractivity contribution is 5.79. The highest BCUT2D eigenvalue weighted by atomic mass is 19.4. The van der Waals surface area contributed by atoms with Crippen LogP contribution in [0.1, 0.15) is 17.5 Å². The maximum absolute atomic E-state index is 12.6. The third kappa shape index (κ3) is 9.18. The Balaban J connectivity index is 2.33. The second-order valence-corrected chi connectivity index (χ2v) is 5.07. The minimum atomic E-state index is -4.41. The van der Waals surface area contributed by atoms with Gasteiger partial charge in [-0.05, 0) is 24.1 Å². The van der Waals surface area contributed by atoms with Gasteiger partial charge in [0.2, 0.25) is 0 Å². The summed E-state index contributed by atoms with van der Waals surface area (Å²) in [7, 11) is 1.47. The van der Waals surface area contributed by atoms with Gasteiger partial charge in [0.1, 0.15) is 6.61 Å². The van der Waals surface area contributed by atoms with Crippen LogP contribution in [0.4, 0.5) is 26.3 Å². The molecule has 0 radical (unpaired) electrons. The van der Waals surface area contributed by atoms with Gasteiger partial charge in [0.15, 0.2) is 5.96 Å². The van der Waals surface area contributed by atoms with Crippen molar-refractivity contribution in [2.24, 2.45) is 4.99 Å². The molecule has 0 unspecified atom stereocenters. The summed E-state index contributed by atoms with van der Waals surface area (Å²) in [5.41, 5.74) is -0.317. The van der Waals surface area contributed by atoms with Crippen molar-refractivity contribution in [3.8, 4) is 0 Å². The average molecular weight is 371 g/mol. The van der Waals surface area contributed by atoms with Crippen molar-refractivity contribution in [1.29, 1.82) is 0 Å². The third-order valence-corrected chi connectivity index (χ3v) is 2.96. The summed E-state index contributed by atoms with van der Waals surface area (Å²) in [6.45, 7) is -0.944. The van der Waals surface area contributed by atoms with Crippen LogP contribution in [0.25, 0.3) is 0 Å². The van der Waals surface area contributed by atoms with Crippen molar-refractivity contribution in [2.75, 3.05) is 26.8 Å². The number of aliphatic imine (C=N–C) groups is 1. The molecule has 0 aliphatic heterocycles. The maximum Gasteiger partial charge on any atom is 0.416 e. The van der Waals surface area contributed by atoms with Crippen LogP contribution in [0, 0.1) is 0 Å². The Labute approximate surface area is 141 Å². The van der Waals surface area contributed by atoms with E-state index in [9.17, 15) is 26.3 Å². The van der Waals surface area contributed by atoms with Crippen molar-refractivity contribution >= 4 is 5.96 Å². The quantitative estimate of drug-likeness (QED) is 0.335. The topological polar surface area (TPSA) is 45.7 Å². The van der Waals surface area contributed by atoms with E-state index in [1.54, 1.807) is 6.07 Å². The van der Waals surface area contributed by atoms with E-state index in [2.05, 4.69) is 20.4 Å². The standard InChI is InChI=1S/C15H19F6N3O/c1-22-13(23-6-3-7-25-10-14(16,17)18)24-9-11-4-2-5-12(8-11)15(19,20)21/h2,4-5,8H,3,6-7,9-10H2,1H3,(H2,22,23,24). The molecule has 0 bridgehead atoms. The highest BCUT2D eigenvalue weighted by Gasteiger charge is 2.30. The Morgan fingerprint density at radius 3 is 2.44 bits per heavy atom. The van der Waals surface area contributed by atoms with E-state index in [-0.39, 0.29) is 13.2 Å². The molecule has 1 rings (SSSR count). The number of nitrogens with one attached hydrogen (secondary N) is 2. The van der Waals surface area contributed by atoms with E-state index in [4.69, 9.17) is 0 Å². The molecule has 0 aliphatic carbocycles. The van der Waals surface area contributed by atoms with Gasteiger partial charge in [0, 0.05) is 26.7 Å². The van der Waals surface area contributed by atoms with Gasteiger partial charge in [-0.1, -0.05) is 12.1 Å². The highest BCUT2D eigenvalue weighted by Crippen LogP contribution is 2.29. The van der Waals surface area contributed by atoms with Crippen LogP contribution in [0.5, 0.6) is 0 Å². The van der Waals surface area contributed by atoms with Gasteiger partial charge in [-0.3, -0.25) is 4.99 Å². The SMILES string of the molecule is CN=C(NCCCOCC(F)(F)F)NCc1cccc(C(F)(F)F)c1. The number of halogens is 6. The lowest BCUT2D eigenvalue weighted by atomic mass is 10.1. The van der Waals surface area contributed by atoms with Gasteiger partial charge < -0.3 is 15.4 Å². The third-order valence-electron chi connectivity index (χ3n) is 2.96. The van der Waals surface area contributed by atoms with Gasteiger partial charge in [-0.15, -0.1) is 0 Å². The second-order valence-electron chi connectivity index (χ2n) is 5.07. The molecule has 0 aliphatic rings. The lowest BCUT2D eigenvalue weighted by Gasteiger charge is -2.13. The lowest BCUT2D eigenvalue weighted by Crippen LogP contribution is -2.37. The number of hydrogen-bond acceptors (Lipinski definition) is 2. The smallest absolute Gasteiger partial charge is 0.372 e. The fraction of sp³-hybridized carbons (Fsp3) is 0.533. The van der Waals surface area contributed by atoms with Crippen molar-refractivity contribution < 1.29 is 31.1 Å². The molecule has 0 amide bonds. The number of rotatable bonds is 7. The van der Waals surface area contributed by atoms with Gasteiger partial charge in [-0.25, -0.2) is 0 Å². The first-order valence-corrected chi connectivity index (χ1v) is 7.37. The average Bonchev–Trinajstić information content (AvgIpc) is 2.52. The zero-order valence-corrected chi connectivity index (χ0v) is 13.5. The van der Waals surface area contributed by atoms with Crippen LogP contribution in [0.3, 0.4) is 0 Å². The van der Waals surface area contributed by atoms with Gasteiger partial charge in [0.25, 0.3) is 0 Å². The summed E-state index contributed by atoms with van der Waals surface area (Å²) >= 11 is 0. The van der Waals surface area contributed by atoms with Crippen LogP contribution in [0.2, 0.25) is 0 Å². The summed E-state index contributed by atoms with van der Waals surface area (Å²) in [6, 6.07) is 4.87. The largest absolute Gasteiger partial charge is 0.416 e. The van der Waals surface area contributed by atoms with Crippen LogP contribution in [-0.2, 0) is 17.5 Å². The van der Waals surface area contributed by atoms with E-state index < -0.39 is 24.5 Å². The van der Waals surface area contributed by atoms with Crippen LogP contribution in [0.15, 0.2) is 29.3 Å². The van der Waals surface area contributed by atoms with Crippen molar-refractivity contribution in [2.45, 2.75) is 25.3 Å². The molecule has 1 aromatic carbocycles. The Morgan fingerprint density at radius 1 is 1.12 bits per heavy atom. The minimum Gasteiger partial charge on any atom is -0.372 e. The van der Waals surface area contributed by atoms with Crippen LogP contribution >= 0.6 is 0 Å². The van der Waals surface area contributed by atoms with Crippen molar-refractivity contribution in [1.82, 2.24) is 10.6 Å².